The molecular formula is C11H21N3OS. The highest BCUT2D eigenvalue weighted by molar-refractivity contribution is 7.80. The van der Waals surface area contributed by atoms with Crippen molar-refractivity contribution in [2.75, 3.05) is 6.54 Å². The highest BCUT2D eigenvalue weighted by atomic mass is 32.1. The van der Waals surface area contributed by atoms with Crippen molar-refractivity contribution < 1.29 is 4.79 Å². The zero-order valence-electron chi connectivity index (χ0n) is 10.2. The van der Waals surface area contributed by atoms with Crippen molar-refractivity contribution >= 4 is 23.2 Å². The van der Waals surface area contributed by atoms with Gasteiger partial charge in [-0.05, 0) is 37.9 Å². The minimum Gasteiger partial charge on any atom is -0.360 e. The zero-order valence-corrected chi connectivity index (χ0v) is 11.0. The van der Waals surface area contributed by atoms with Crippen LogP contribution < -0.4 is 16.0 Å². The van der Waals surface area contributed by atoms with Gasteiger partial charge in [-0.2, -0.15) is 0 Å². The number of carbonyl (C=O) groups excluding carboxylic acids is 1. The number of amides is 1. The van der Waals surface area contributed by atoms with Crippen LogP contribution >= 0.6 is 12.2 Å². The van der Waals surface area contributed by atoms with Crippen LogP contribution in [0.3, 0.4) is 0 Å². The van der Waals surface area contributed by atoms with E-state index in [0.717, 1.165) is 0 Å². The first-order valence-electron chi connectivity index (χ1n) is 5.83. The number of hydrogen-bond acceptors (Lipinski definition) is 2. The molecule has 4 nitrogen and oxygen atoms in total. The van der Waals surface area contributed by atoms with Gasteiger partial charge in [0.2, 0.25) is 5.91 Å². The molecule has 0 aromatic heterocycles. The second-order valence-corrected chi connectivity index (χ2v) is 5.16. The molecule has 5 heteroatoms. The maximum atomic E-state index is 11.6. The molecule has 0 saturated heterocycles. The van der Waals surface area contributed by atoms with Gasteiger partial charge in [0.05, 0.1) is 0 Å². The average molecular weight is 243 g/mol. The highest BCUT2D eigenvalue weighted by Gasteiger charge is 2.23. The summed E-state index contributed by atoms with van der Waals surface area (Å²) in [4.78, 5) is 11.6. The summed E-state index contributed by atoms with van der Waals surface area (Å²) in [7, 11) is 0. The number of thiocarbonyl (C=S) groups is 1. The van der Waals surface area contributed by atoms with Crippen LogP contribution in [0, 0.1) is 5.92 Å². The van der Waals surface area contributed by atoms with Crippen LogP contribution in [-0.2, 0) is 4.79 Å². The molecule has 0 aromatic carbocycles. The lowest BCUT2D eigenvalue weighted by molar-refractivity contribution is -0.122. The number of rotatable bonds is 5. The Morgan fingerprint density at radius 1 is 1.38 bits per heavy atom. The Labute approximate surface area is 103 Å². The van der Waals surface area contributed by atoms with Crippen molar-refractivity contribution in [2.24, 2.45) is 5.92 Å². The lowest BCUT2D eigenvalue weighted by Crippen LogP contribution is -2.49. The number of carbonyl (C=O) groups is 1. The SMILES string of the molecule is CC(C)CNC(=O)C(C)NC(=S)NC1CC1. The summed E-state index contributed by atoms with van der Waals surface area (Å²) < 4.78 is 0. The van der Waals surface area contributed by atoms with E-state index in [1.54, 1.807) is 0 Å². The topological polar surface area (TPSA) is 53.2 Å². The molecular weight excluding hydrogens is 222 g/mol. The number of nitrogens with one attached hydrogen (secondary N) is 3. The summed E-state index contributed by atoms with van der Waals surface area (Å²) in [6.45, 7) is 6.65. The van der Waals surface area contributed by atoms with Gasteiger partial charge in [0.15, 0.2) is 5.11 Å². The normalized spacial score (nSPS) is 16.8. The van der Waals surface area contributed by atoms with Gasteiger partial charge in [-0.25, -0.2) is 0 Å². The molecule has 1 unspecified atom stereocenters. The quantitative estimate of drug-likeness (QED) is 0.625. The van der Waals surface area contributed by atoms with Crippen LogP contribution in [0.1, 0.15) is 33.6 Å². The fourth-order valence-electron chi connectivity index (χ4n) is 1.17. The van der Waals surface area contributed by atoms with Crippen LogP contribution in [0.4, 0.5) is 0 Å². The van der Waals surface area contributed by atoms with E-state index in [-0.39, 0.29) is 11.9 Å². The average Bonchev–Trinajstić information content (AvgIpc) is 2.97. The fraction of sp³-hybridized carbons (Fsp3) is 0.818. The van der Waals surface area contributed by atoms with Crippen LogP contribution in [-0.4, -0.2) is 29.6 Å². The largest absolute Gasteiger partial charge is 0.360 e. The van der Waals surface area contributed by atoms with Gasteiger partial charge in [0.25, 0.3) is 0 Å². The summed E-state index contributed by atoms with van der Waals surface area (Å²) in [5, 5.41) is 9.57. The highest BCUT2D eigenvalue weighted by Crippen LogP contribution is 2.18. The molecule has 3 N–H and O–H groups in total. The predicted octanol–water partition coefficient (Wildman–Crippen LogP) is 0.774. The predicted molar refractivity (Wildman–Crippen MR) is 69.2 cm³/mol. The fourth-order valence-corrected chi connectivity index (χ4v) is 1.52. The third kappa shape index (κ3) is 5.30. The number of hydrogen-bond donors (Lipinski definition) is 3. The molecule has 1 fully saturated rings. The third-order valence-corrected chi connectivity index (χ3v) is 2.57. The molecule has 0 aromatic rings. The Kier molecular flexibility index (Phi) is 4.99. The first kappa shape index (κ1) is 13.2. The smallest absolute Gasteiger partial charge is 0.242 e. The summed E-state index contributed by atoms with van der Waals surface area (Å²) in [6, 6.07) is 0.239. The molecule has 1 aliphatic carbocycles. The van der Waals surface area contributed by atoms with E-state index in [9.17, 15) is 4.79 Å². The van der Waals surface area contributed by atoms with Gasteiger partial charge >= 0.3 is 0 Å². The van der Waals surface area contributed by atoms with E-state index in [1.807, 2.05) is 6.92 Å². The first-order valence-corrected chi connectivity index (χ1v) is 6.24. The minimum atomic E-state index is -0.280. The molecule has 1 atom stereocenters. The summed E-state index contributed by atoms with van der Waals surface area (Å²) >= 11 is 5.10. The molecule has 16 heavy (non-hydrogen) atoms. The Morgan fingerprint density at radius 2 is 2.00 bits per heavy atom. The van der Waals surface area contributed by atoms with Gasteiger partial charge in [-0.15, -0.1) is 0 Å². The molecule has 1 rings (SSSR count). The molecule has 0 spiro atoms. The van der Waals surface area contributed by atoms with Gasteiger partial charge in [-0.3, -0.25) is 4.79 Å². The molecule has 0 heterocycles. The maximum Gasteiger partial charge on any atom is 0.242 e. The van der Waals surface area contributed by atoms with Crippen molar-refractivity contribution in [3.8, 4) is 0 Å². The van der Waals surface area contributed by atoms with Crippen LogP contribution in [0.25, 0.3) is 0 Å². The van der Waals surface area contributed by atoms with Crippen molar-refractivity contribution in [3.05, 3.63) is 0 Å². The van der Waals surface area contributed by atoms with E-state index in [0.29, 0.717) is 23.6 Å². The van der Waals surface area contributed by atoms with E-state index >= 15 is 0 Å². The molecule has 0 bridgehead atoms. The molecule has 0 radical (unpaired) electrons. The molecule has 1 amide bonds. The van der Waals surface area contributed by atoms with E-state index in [4.69, 9.17) is 12.2 Å². The molecule has 0 aliphatic heterocycles. The lowest BCUT2D eigenvalue weighted by Gasteiger charge is -2.17. The summed E-state index contributed by atoms with van der Waals surface area (Å²) in [6.07, 6.45) is 2.35. The first-order chi connectivity index (χ1) is 7.49. The van der Waals surface area contributed by atoms with Crippen LogP contribution in [0.15, 0.2) is 0 Å². The Bertz CT molecular complexity index is 264. The molecule has 1 aliphatic rings. The minimum absolute atomic E-state index is 0.00588. The van der Waals surface area contributed by atoms with Gasteiger partial charge in [-0.1, -0.05) is 13.8 Å². The third-order valence-electron chi connectivity index (χ3n) is 2.34. The van der Waals surface area contributed by atoms with Crippen molar-refractivity contribution in [1.82, 2.24) is 16.0 Å². The lowest BCUT2D eigenvalue weighted by atomic mass is 10.2. The second kappa shape index (κ2) is 6.03. The zero-order chi connectivity index (χ0) is 12.1. The Balaban J connectivity index is 2.18. The summed E-state index contributed by atoms with van der Waals surface area (Å²) in [5.41, 5.74) is 0. The van der Waals surface area contributed by atoms with E-state index in [1.165, 1.54) is 12.8 Å². The standard InChI is InChI=1S/C11H21N3OS/c1-7(2)6-12-10(15)8(3)13-11(16)14-9-4-5-9/h7-9H,4-6H2,1-3H3,(H,12,15)(H2,13,14,16). The van der Waals surface area contributed by atoms with Crippen LogP contribution in [0.2, 0.25) is 0 Å². The summed E-state index contributed by atoms with van der Waals surface area (Å²) in [5.74, 6) is 0.460. The monoisotopic (exact) mass is 243 g/mol. The second-order valence-electron chi connectivity index (χ2n) is 4.75. The van der Waals surface area contributed by atoms with Crippen molar-refractivity contribution in [1.29, 1.82) is 0 Å². The van der Waals surface area contributed by atoms with Crippen molar-refractivity contribution in [2.45, 2.75) is 45.7 Å². The van der Waals surface area contributed by atoms with Crippen LogP contribution in [0.5, 0.6) is 0 Å². The van der Waals surface area contributed by atoms with E-state index in [2.05, 4.69) is 29.8 Å². The maximum absolute atomic E-state index is 11.6. The molecule has 1 saturated carbocycles. The molecule has 92 valence electrons. The Morgan fingerprint density at radius 3 is 2.50 bits per heavy atom. The van der Waals surface area contributed by atoms with Gasteiger partial charge in [0, 0.05) is 12.6 Å². The van der Waals surface area contributed by atoms with Crippen molar-refractivity contribution in [3.63, 3.8) is 0 Å². The van der Waals surface area contributed by atoms with E-state index < -0.39 is 0 Å². The Hall–Kier alpha value is -0.840. The van der Waals surface area contributed by atoms with Gasteiger partial charge in [0.1, 0.15) is 6.04 Å². The van der Waals surface area contributed by atoms with Gasteiger partial charge < -0.3 is 16.0 Å².